The van der Waals surface area contributed by atoms with Crippen molar-refractivity contribution in [1.82, 2.24) is 0 Å². The van der Waals surface area contributed by atoms with Gasteiger partial charge in [0, 0.05) is 0 Å². The summed E-state index contributed by atoms with van der Waals surface area (Å²) in [6, 6.07) is 25.8. The molecule has 3 aromatic rings. The summed E-state index contributed by atoms with van der Waals surface area (Å²) in [6.07, 6.45) is 11.2. The van der Waals surface area contributed by atoms with E-state index in [9.17, 15) is 0 Å². The molecule has 6 heteroatoms. The SMILES string of the molecule is CC1=CCC(C2=C(C)C(C)=CC2)=C1C.[Cl-].[Cl-].[Cl][Zr]([Cl])[CH]1C=Cc2ccccc21.[Zr+2][CH]1c2ccccc2-c2ccccc21. The first-order chi connectivity index (χ1) is 19.3. The van der Waals surface area contributed by atoms with Gasteiger partial charge in [0.05, 0.1) is 0 Å². The molecule has 4 aliphatic carbocycles. The molecule has 1 unspecified atom stereocenters. The van der Waals surface area contributed by atoms with E-state index in [2.05, 4.69) is 113 Å². The Balaban J connectivity index is 0.000000169. The molecular weight excluding hydrogens is 757 g/mol. The Hall–Kier alpha value is -0.714. The molecule has 3 aromatic carbocycles. The van der Waals surface area contributed by atoms with Gasteiger partial charge in [-0.1, -0.05) is 23.3 Å². The quantitative estimate of drug-likeness (QED) is 0.331. The summed E-state index contributed by atoms with van der Waals surface area (Å²) in [5.41, 5.74) is 17.6. The van der Waals surface area contributed by atoms with Gasteiger partial charge >= 0.3 is 187 Å². The molecule has 42 heavy (non-hydrogen) atoms. The molecule has 0 heterocycles. The number of benzene rings is 3. The van der Waals surface area contributed by atoms with Gasteiger partial charge in [0.25, 0.3) is 0 Å². The molecule has 0 radical (unpaired) electrons. The van der Waals surface area contributed by atoms with Crippen molar-refractivity contribution in [2.45, 2.75) is 47.8 Å². The fraction of sp³-hybridized carbons (Fsp3) is 0.222. The average Bonchev–Trinajstić information content (AvgIpc) is 3.72. The van der Waals surface area contributed by atoms with Crippen molar-refractivity contribution < 1.29 is 68.9 Å². The molecular formula is C36H34Cl4Zr2. The van der Waals surface area contributed by atoms with Crippen LogP contribution in [0.5, 0.6) is 0 Å². The Morgan fingerprint density at radius 1 is 0.643 bits per heavy atom. The van der Waals surface area contributed by atoms with Crippen molar-refractivity contribution in [3.8, 4) is 11.1 Å². The summed E-state index contributed by atoms with van der Waals surface area (Å²) >= 11 is -0.542. The molecule has 0 bridgehead atoms. The minimum atomic E-state index is -2.13. The number of rotatable bonds is 2. The van der Waals surface area contributed by atoms with E-state index < -0.39 is 19.4 Å². The summed E-state index contributed by atoms with van der Waals surface area (Å²) in [5.74, 6) is 0. The molecule has 4 aliphatic rings. The van der Waals surface area contributed by atoms with Crippen molar-refractivity contribution in [3.05, 3.63) is 147 Å². The molecule has 0 saturated carbocycles. The third-order valence-corrected chi connectivity index (χ3v) is 15.2. The summed E-state index contributed by atoms with van der Waals surface area (Å²) in [5, 5.41) is 0. The van der Waals surface area contributed by atoms with E-state index in [4.69, 9.17) is 17.0 Å². The minimum absolute atomic E-state index is 0. The Morgan fingerprint density at radius 3 is 1.50 bits per heavy atom. The van der Waals surface area contributed by atoms with Gasteiger partial charge in [-0.2, -0.15) is 0 Å². The van der Waals surface area contributed by atoms with E-state index in [0.717, 1.165) is 12.8 Å². The number of hydrogen-bond donors (Lipinski definition) is 0. The van der Waals surface area contributed by atoms with Crippen LogP contribution < -0.4 is 24.8 Å². The Morgan fingerprint density at radius 2 is 1.07 bits per heavy atom. The van der Waals surface area contributed by atoms with Crippen LogP contribution in [0.1, 0.15) is 70.0 Å². The van der Waals surface area contributed by atoms with Crippen LogP contribution in [-0.4, -0.2) is 0 Å². The first-order valence-corrected chi connectivity index (χ1v) is 23.0. The maximum absolute atomic E-state index is 6.02. The third-order valence-electron chi connectivity index (χ3n) is 8.55. The zero-order valence-corrected chi connectivity index (χ0v) is 32.3. The number of halogens is 4. The van der Waals surface area contributed by atoms with Crippen molar-refractivity contribution in [2.24, 2.45) is 0 Å². The van der Waals surface area contributed by atoms with Crippen molar-refractivity contribution >= 4 is 23.1 Å². The van der Waals surface area contributed by atoms with Crippen LogP contribution in [0, 0.1) is 0 Å². The Labute approximate surface area is 294 Å². The molecule has 0 amide bonds. The average molecular weight is 791 g/mol. The zero-order chi connectivity index (χ0) is 28.4. The van der Waals surface area contributed by atoms with E-state index in [-0.39, 0.29) is 24.8 Å². The molecule has 1 atom stereocenters. The molecule has 0 aromatic heterocycles. The van der Waals surface area contributed by atoms with Gasteiger partial charge in [-0.25, -0.2) is 0 Å². The standard InChI is InChI=1S/C14H18.C13H9.C9H7.4ClH.2Zr/c1-9-5-7-13(11(9)3)14-8-6-10(2)12(14)4;1-3-7-12-10(5-1)9-11-6-2-4-8-13(11)12;1-2-5-9-7-3-6-8(9)4-1;;;;;;/h5-6H,7-8H2,1-4H3;1-9H;1-7H;4*1H;;/q;;;;;;;2*+2/p-4. The van der Waals surface area contributed by atoms with E-state index in [0.29, 0.717) is 7.25 Å². The molecule has 0 fully saturated rings. The van der Waals surface area contributed by atoms with Crippen molar-refractivity contribution in [3.63, 3.8) is 0 Å². The molecule has 0 N–H and O–H groups in total. The van der Waals surface area contributed by atoms with Crippen LogP contribution in [0.3, 0.4) is 0 Å². The second kappa shape index (κ2) is 16.0. The van der Waals surface area contributed by atoms with E-state index in [1.165, 1.54) is 55.7 Å². The predicted molar refractivity (Wildman–Crippen MR) is 166 cm³/mol. The normalized spacial score (nSPS) is 17.5. The number of allylic oxidation sites excluding steroid dienone is 9. The van der Waals surface area contributed by atoms with Gasteiger partial charge in [-0.15, -0.1) is 0 Å². The van der Waals surface area contributed by atoms with Crippen LogP contribution >= 0.6 is 17.0 Å². The summed E-state index contributed by atoms with van der Waals surface area (Å²) in [7, 11) is 12.0. The summed E-state index contributed by atoms with van der Waals surface area (Å²) < 4.78 is 1.02. The number of hydrogen-bond acceptors (Lipinski definition) is 0. The first-order valence-electron chi connectivity index (χ1n) is 13.9. The van der Waals surface area contributed by atoms with Crippen LogP contribution in [0.15, 0.2) is 124 Å². The van der Waals surface area contributed by atoms with Crippen LogP contribution in [0.2, 0.25) is 0 Å². The molecule has 0 spiro atoms. The Bertz CT molecular complexity index is 1510. The molecule has 7 rings (SSSR count). The fourth-order valence-corrected chi connectivity index (χ4v) is 11.2. The van der Waals surface area contributed by atoms with E-state index >= 15 is 0 Å². The van der Waals surface area contributed by atoms with Gasteiger partial charge in [0.15, 0.2) is 0 Å². The van der Waals surface area contributed by atoms with Gasteiger partial charge < -0.3 is 24.8 Å². The zero-order valence-electron chi connectivity index (χ0n) is 24.3. The monoisotopic (exact) mass is 786 g/mol. The van der Waals surface area contributed by atoms with Gasteiger partial charge in [0.1, 0.15) is 0 Å². The summed E-state index contributed by atoms with van der Waals surface area (Å²) in [6.45, 7) is 8.94. The maximum atomic E-state index is 6.02. The second-order valence-corrected chi connectivity index (χ2v) is 21.1. The third kappa shape index (κ3) is 7.56. The topological polar surface area (TPSA) is 0 Å². The Kier molecular flexibility index (Phi) is 13.6. The van der Waals surface area contributed by atoms with E-state index in [1.807, 2.05) is 12.1 Å². The summed E-state index contributed by atoms with van der Waals surface area (Å²) in [4.78, 5) is 0. The van der Waals surface area contributed by atoms with Crippen molar-refractivity contribution in [1.29, 1.82) is 0 Å². The van der Waals surface area contributed by atoms with Crippen molar-refractivity contribution in [2.75, 3.05) is 0 Å². The fourth-order valence-electron chi connectivity index (χ4n) is 5.89. The van der Waals surface area contributed by atoms with E-state index in [1.54, 1.807) is 35.9 Å². The van der Waals surface area contributed by atoms with Crippen LogP contribution in [-0.2, 0) is 44.1 Å². The molecule has 0 aliphatic heterocycles. The van der Waals surface area contributed by atoms with Gasteiger partial charge in [-0.05, 0) is 62.8 Å². The molecule has 0 saturated heterocycles. The van der Waals surface area contributed by atoms with Gasteiger partial charge in [0.2, 0.25) is 0 Å². The molecule has 0 nitrogen and oxygen atoms in total. The first kappa shape index (κ1) is 35.8. The molecule has 214 valence electrons. The predicted octanol–water partition coefficient (Wildman–Crippen LogP) is 5.31. The van der Waals surface area contributed by atoms with Crippen LogP contribution in [0.25, 0.3) is 17.2 Å². The van der Waals surface area contributed by atoms with Gasteiger partial charge in [-0.3, -0.25) is 0 Å². The van der Waals surface area contributed by atoms with Crippen LogP contribution in [0.4, 0.5) is 0 Å². The second-order valence-electron chi connectivity index (χ2n) is 10.8. The number of fused-ring (bicyclic) bond motifs is 4.